The summed E-state index contributed by atoms with van der Waals surface area (Å²) in [5, 5.41) is 0. The summed E-state index contributed by atoms with van der Waals surface area (Å²) in [5.74, 6) is 0. The Morgan fingerprint density at radius 2 is 1.18 bits per heavy atom. The average molecular weight is 356 g/mol. The van der Waals surface area contributed by atoms with Crippen LogP contribution in [0.25, 0.3) is 0 Å². The number of hydrogen-bond donors (Lipinski definition) is 0. The Labute approximate surface area is 147 Å². The van der Waals surface area contributed by atoms with Crippen molar-refractivity contribution in [3.63, 3.8) is 0 Å². The number of thioether (sulfide) groups is 2. The van der Waals surface area contributed by atoms with Gasteiger partial charge in [0, 0.05) is 17.1 Å². The molecule has 2 rings (SSSR count). The van der Waals surface area contributed by atoms with Gasteiger partial charge in [-0.25, -0.2) is 0 Å². The standard InChI is InChI=1S/C19H32PS2/c1-4-7-14-20(15-8-5-2,16-9-6-3)19-21-17-12-10-11-13-18(17)22-19/h10-13,19H,4-9,14-16H2,1-3H3/q+1. The minimum atomic E-state index is -0.850. The molecule has 1 heterocycles. The fourth-order valence-corrected chi connectivity index (χ4v) is 13.9. The fraction of sp³-hybridized carbons (Fsp3) is 0.684. The maximum absolute atomic E-state index is 2.36. The van der Waals surface area contributed by atoms with Crippen molar-refractivity contribution in [2.45, 2.75) is 73.4 Å². The first-order valence-corrected chi connectivity index (χ1v) is 13.2. The first-order chi connectivity index (χ1) is 10.8. The summed E-state index contributed by atoms with van der Waals surface area (Å²) in [6, 6.07) is 9.08. The zero-order valence-corrected chi connectivity index (χ0v) is 17.0. The highest BCUT2D eigenvalue weighted by atomic mass is 32.2. The van der Waals surface area contributed by atoms with Crippen molar-refractivity contribution in [2.75, 3.05) is 18.5 Å². The quantitative estimate of drug-likeness (QED) is 0.397. The van der Waals surface area contributed by atoms with Crippen molar-refractivity contribution >= 4 is 30.8 Å². The van der Waals surface area contributed by atoms with Crippen LogP contribution in [-0.2, 0) is 0 Å². The summed E-state index contributed by atoms with van der Waals surface area (Å²) in [4.78, 5) is 3.10. The first kappa shape index (κ1) is 18.7. The van der Waals surface area contributed by atoms with Gasteiger partial charge in [-0.05, 0) is 31.4 Å². The lowest BCUT2D eigenvalue weighted by atomic mass is 10.4. The average Bonchev–Trinajstić information content (AvgIpc) is 2.99. The normalized spacial score (nSPS) is 15.2. The second-order valence-electron chi connectivity index (χ2n) is 6.44. The van der Waals surface area contributed by atoms with Gasteiger partial charge < -0.3 is 0 Å². The van der Waals surface area contributed by atoms with Crippen LogP contribution in [0.15, 0.2) is 34.1 Å². The molecule has 0 bridgehead atoms. The Balaban J connectivity index is 2.18. The van der Waals surface area contributed by atoms with Gasteiger partial charge in [-0.15, -0.1) is 0 Å². The molecular weight excluding hydrogens is 323 g/mol. The summed E-state index contributed by atoms with van der Waals surface area (Å²) in [5.41, 5.74) is 0. The molecule has 0 atom stereocenters. The molecule has 124 valence electrons. The van der Waals surface area contributed by atoms with Gasteiger partial charge in [0.05, 0.1) is 18.5 Å². The van der Waals surface area contributed by atoms with Gasteiger partial charge in [0.1, 0.15) is 0 Å². The Hall–Kier alpha value is 0.350. The lowest BCUT2D eigenvalue weighted by molar-refractivity contribution is 0.836. The van der Waals surface area contributed by atoms with E-state index in [2.05, 4.69) is 68.6 Å². The topological polar surface area (TPSA) is 0 Å². The molecule has 0 radical (unpaired) electrons. The lowest BCUT2D eigenvalue weighted by Gasteiger charge is -2.32. The van der Waals surface area contributed by atoms with E-state index in [1.165, 1.54) is 57.0 Å². The van der Waals surface area contributed by atoms with Crippen LogP contribution in [0.2, 0.25) is 0 Å². The van der Waals surface area contributed by atoms with Crippen molar-refractivity contribution in [2.24, 2.45) is 0 Å². The van der Waals surface area contributed by atoms with Crippen LogP contribution in [0.5, 0.6) is 0 Å². The van der Waals surface area contributed by atoms with Crippen LogP contribution < -0.4 is 0 Å². The number of rotatable bonds is 10. The summed E-state index contributed by atoms with van der Waals surface area (Å²) < 4.78 is 0.842. The van der Waals surface area contributed by atoms with Crippen LogP contribution in [-0.4, -0.2) is 22.8 Å². The summed E-state index contributed by atoms with van der Waals surface area (Å²) in [6.07, 6.45) is 13.0. The predicted octanol–water partition coefficient (Wildman–Crippen LogP) is 7.59. The maximum Gasteiger partial charge on any atom is 0.168 e. The third-order valence-electron chi connectivity index (χ3n) is 4.62. The lowest BCUT2D eigenvalue weighted by Crippen LogP contribution is -2.16. The highest BCUT2D eigenvalue weighted by Crippen LogP contribution is 2.75. The molecule has 0 fully saturated rings. The third-order valence-corrected chi connectivity index (χ3v) is 14.8. The molecule has 0 amide bonds. The highest BCUT2D eigenvalue weighted by Gasteiger charge is 2.48. The molecular formula is C19H32PS2+. The molecule has 1 aromatic carbocycles. The van der Waals surface area contributed by atoms with Crippen molar-refractivity contribution < 1.29 is 0 Å². The first-order valence-electron chi connectivity index (χ1n) is 9.04. The Morgan fingerprint density at radius 3 is 1.55 bits per heavy atom. The molecule has 0 N–H and O–H groups in total. The molecule has 0 nitrogen and oxygen atoms in total. The van der Waals surface area contributed by atoms with Crippen molar-refractivity contribution in [3.8, 4) is 0 Å². The molecule has 0 saturated heterocycles. The number of fused-ring (bicyclic) bond motifs is 1. The molecule has 0 spiro atoms. The largest absolute Gasteiger partial charge is 0.168 e. The predicted molar refractivity (Wildman–Crippen MR) is 108 cm³/mol. The molecule has 1 aliphatic rings. The molecule has 0 unspecified atom stereocenters. The Morgan fingerprint density at radius 1 is 0.773 bits per heavy atom. The second-order valence-corrected chi connectivity index (χ2v) is 14.0. The van der Waals surface area contributed by atoms with Crippen molar-refractivity contribution in [3.05, 3.63) is 24.3 Å². The second kappa shape index (κ2) is 9.60. The summed E-state index contributed by atoms with van der Waals surface area (Å²) in [6.45, 7) is 7.08. The zero-order valence-electron chi connectivity index (χ0n) is 14.5. The molecule has 1 aromatic rings. The van der Waals surface area contributed by atoms with Gasteiger partial charge >= 0.3 is 0 Å². The van der Waals surface area contributed by atoms with E-state index in [1.807, 2.05) is 0 Å². The zero-order chi connectivity index (χ0) is 15.8. The highest BCUT2D eigenvalue weighted by molar-refractivity contribution is 8.28. The maximum atomic E-state index is 2.36. The van der Waals surface area contributed by atoms with Gasteiger partial charge in [0.2, 0.25) is 0 Å². The van der Waals surface area contributed by atoms with E-state index in [-0.39, 0.29) is 0 Å². The van der Waals surface area contributed by atoms with Crippen LogP contribution >= 0.6 is 30.8 Å². The molecule has 0 saturated carbocycles. The van der Waals surface area contributed by atoms with Gasteiger partial charge in [-0.3, -0.25) is 0 Å². The third kappa shape index (κ3) is 4.68. The molecule has 0 aromatic heterocycles. The number of unbranched alkanes of at least 4 members (excludes halogenated alkanes) is 3. The fourth-order valence-electron chi connectivity index (χ4n) is 3.18. The van der Waals surface area contributed by atoms with Crippen LogP contribution in [0.4, 0.5) is 0 Å². The van der Waals surface area contributed by atoms with Crippen LogP contribution in [0.1, 0.15) is 59.3 Å². The summed E-state index contributed by atoms with van der Waals surface area (Å²) in [7, 11) is -0.850. The van der Waals surface area contributed by atoms with E-state index in [1.54, 1.807) is 9.79 Å². The molecule has 22 heavy (non-hydrogen) atoms. The Bertz CT molecular complexity index is 400. The monoisotopic (exact) mass is 355 g/mol. The minimum Gasteiger partial charge on any atom is -0.0696 e. The Kier molecular flexibility index (Phi) is 8.15. The molecule has 1 aliphatic heterocycles. The van der Waals surface area contributed by atoms with Gasteiger partial charge in [0.25, 0.3) is 0 Å². The number of benzene rings is 1. The van der Waals surface area contributed by atoms with Crippen molar-refractivity contribution in [1.29, 1.82) is 0 Å². The van der Waals surface area contributed by atoms with Crippen molar-refractivity contribution in [1.82, 2.24) is 0 Å². The van der Waals surface area contributed by atoms with Gasteiger partial charge in [0.15, 0.2) is 4.32 Å². The molecule has 3 heteroatoms. The minimum absolute atomic E-state index is 0.842. The number of hydrogen-bond acceptors (Lipinski definition) is 2. The molecule has 0 aliphatic carbocycles. The van der Waals surface area contributed by atoms with E-state index in [4.69, 9.17) is 0 Å². The van der Waals surface area contributed by atoms with E-state index < -0.39 is 7.26 Å². The summed E-state index contributed by atoms with van der Waals surface area (Å²) >= 11 is 4.41. The van der Waals surface area contributed by atoms with E-state index in [9.17, 15) is 0 Å². The SMILES string of the molecule is CCCC[P+](CCCC)(CCCC)C1Sc2ccccc2S1. The van der Waals surface area contributed by atoms with Crippen LogP contribution in [0.3, 0.4) is 0 Å². The van der Waals surface area contributed by atoms with E-state index >= 15 is 0 Å². The van der Waals surface area contributed by atoms with E-state index in [0.717, 1.165) is 4.32 Å². The van der Waals surface area contributed by atoms with E-state index in [0.29, 0.717) is 0 Å². The smallest absolute Gasteiger partial charge is 0.0696 e. The van der Waals surface area contributed by atoms with Gasteiger partial charge in [-0.1, -0.05) is 75.7 Å². The van der Waals surface area contributed by atoms with Crippen LogP contribution in [0, 0.1) is 0 Å². The van der Waals surface area contributed by atoms with Gasteiger partial charge in [-0.2, -0.15) is 0 Å².